The van der Waals surface area contributed by atoms with Gasteiger partial charge in [0.25, 0.3) is 0 Å². The van der Waals surface area contributed by atoms with Crippen LogP contribution in [0.3, 0.4) is 0 Å². The van der Waals surface area contributed by atoms with Crippen molar-refractivity contribution in [1.29, 1.82) is 0 Å². The molecule has 0 aromatic heterocycles. The fourth-order valence-electron chi connectivity index (χ4n) is 4.04. The molecule has 1 heterocycles. The van der Waals surface area contributed by atoms with E-state index in [0.717, 1.165) is 25.0 Å². The first-order chi connectivity index (χ1) is 17.0. The number of hydrogen-bond donors (Lipinski definition) is 1. The van der Waals surface area contributed by atoms with Crippen LogP contribution in [0.15, 0.2) is 71.6 Å². The molecule has 1 N–H and O–H groups in total. The highest BCUT2D eigenvalue weighted by molar-refractivity contribution is 7.89. The van der Waals surface area contributed by atoms with Crippen LogP contribution in [0.25, 0.3) is 11.1 Å². The molecule has 0 unspecified atom stereocenters. The standard InChI is InChI=1S/C26H24F3NO5S/c27-26(28,29)22-7-5-20(6-8-22)21-13-19(15-25(31)32)14-23(16-21)35-17-18-3-9-24(10-4-18)36(33,34)30-11-1-2-12-30/h3-10,13-14,16H,1-2,11-12,15,17H2,(H,31,32). The van der Waals surface area contributed by atoms with Crippen LogP contribution < -0.4 is 4.74 Å². The first-order valence-electron chi connectivity index (χ1n) is 11.3. The highest BCUT2D eigenvalue weighted by atomic mass is 32.2. The van der Waals surface area contributed by atoms with E-state index in [4.69, 9.17) is 4.74 Å². The SMILES string of the molecule is O=C(O)Cc1cc(OCc2ccc(S(=O)(=O)N3CCCC3)cc2)cc(-c2ccc(C(F)(F)F)cc2)c1. The van der Waals surface area contributed by atoms with E-state index in [0.29, 0.717) is 41.1 Å². The van der Waals surface area contributed by atoms with Gasteiger partial charge in [0.2, 0.25) is 10.0 Å². The Morgan fingerprint density at radius 3 is 2.11 bits per heavy atom. The molecule has 190 valence electrons. The molecule has 0 spiro atoms. The number of rotatable bonds is 8. The van der Waals surface area contributed by atoms with Crippen LogP contribution in [-0.4, -0.2) is 36.9 Å². The van der Waals surface area contributed by atoms with Crippen molar-refractivity contribution in [3.05, 3.63) is 83.4 Å². The Bertz CT molecular complexity index is 1330. The maximum atomic E-state index is 12.9. The van der Waals surface area contributed by atoms with Crippen molar-refractivity contribution >= 4 is 16.0 Å². The van der Waals surface area contributed by atoms with E-state index >= 15 is 0 Å². The molecule has 1 aliphatic heterocycles. The highest BCUT2D eigenvalue weighted by Crippen LogP contribution is 2.32. The Morgan fingerprint density at radius 2 is 1.53 bits per heavy atom. The van der Waals surface area contributed by atoms with E-state index in [1.807, 2.05) is 0 Å². The fourth-order valence-corrected chi connectivity index (χ4v) is 5.56. The maximum Gasteiger partial charge on any atom is 0.416 e. The lowest BCUT2D eigenvalue weighted by Crippen LogP contribution is -2.27. The minimum absolute atomic E-state index is 0.0903. The van der Waals surface area contributed by atoms with Crippen LogP contribution in [0, 0.1) is 0 Å². The lowest BCUT2D eigenvalue weighted by Gasteiger charge is -2.16. The zero-order valence-corrected chi connectivity index (χ0v) is 20.0. The van der Waals surface area contributed by atoms with Crippen LogP contribution >= 0.6 is 0 Å². The number of ether oxygens (including phenoxy) is 1. The summed E-state index contributed by atoms with van der Waals surface area (Å²) in [6.45, 7) is 1.12. The van der Waals surface area contributed by atoms with E-state index in [2.05, 4.69) is 0 Å². The smallest absolute Gasteiger partial charge is 0.416 e. The Balaban J connectivity index is 1.53. The number of hydrogen-bond acceptors (Lipinski definition) is 4. The van der Waals surface area contributed by atoms with Crippen LogP contribution in [-0.2, 0) is 34.0 Å². The van der Waals surface area contributed by atoms with Crippen molar-refractivity contribution in [3.63, 3.8) is 0 Å². The molecule has 1 fully saturated rings. The molecule has 3 aromatic rings. The van der Waals surface area contributed by atoms with Crippen molar-refractivity contribution in [3.8, 4) is 16.9 Å². The number of carboxylic acid groups (broad SMARTS) is 1. The molecule has 0 atom stereocenters. The number of alkyl halides is 3. The third kappa shape index (κ3) is 6.06. The predicted octanol–water partition coefficient (Wildman–Crippen LogP) is 5.36. The van der Waals surface area contributed by atoms with Gasteiger partial charge in [-0.1, -0.05) is 30.3 Å². The molecule has 4 rings (SSSR count). The van der Waals surface area contributed by atoms with E-state index in [9.17, 15) is 31.5 Å². The van der Waals surface area contributed by atoms with Gasteiger partial charge in [-0.3, -0.25) is 4.79 Å². The fraction of sp³-hybridized carbons (Fsp3) is 0.269. The molecule has 1 saturated heterocycles. The normalized spacial score (nSPS) is 14.6. The largest absolute Gasteiger partial charge is 0.489 e. The van der Waals surface area contributed by atoms with Gasteiger partial charge in [-0.05, 0) is 71.5 Å². The minimum atomic E-state index is -4.46. The van der Waals surface area contributed by atoms with Gasteiger partial charge >= 0.3 is 12.1 Å². The van der Waals surface area contributed by atoms with Gasteiger partial charge in [-0.15, -0.1) is 0 Å². The van der Waals surface area contributed by atoms with Gasteiger partial charge in [-0.2, -0.15) is 17.5 Å². The number of sulfonamides is 1. The molecule has 36 heavy (non-hydrogen) atoms. The zero-order chi connectivity index (χ0) is 25.9. The van der Waals surface area contributed by atoms with Crippen LogP contribution in [0.2, 0.25) is 0 Å². The molecule has 0 radical (unpaired) electrons. The topological polar surface area (TPSA) is 83.9 Å². The van der Waals surface area contributed by atoms with E-state index in [1.54, 1.807) is 30.3 Å². The van der Waals surface area contributed by atoms with Crippen molar-refractivity contribution < 1.29 is 36.2 Å². The average molecular weight is 520 g/mol. The zero-order valence-electron chi connectivity index (χ0n) is 19.2. The van der Waals surface area contributed by atoms with Crippen molar-refractivity contribution in [2.75, 3.05) is 13.1 Å². The van der Waals surface area contributed by atoms with E-state index in [1.165, 1.54) is 28.6 Å². The average Bonchev–Trinajstić information content (AvgIpc) is 3.38. The summed E-state index contributed by atoms with van der Waals surface area (Å²) >= 11 is 0. The summed E-state index contributed by atoms with van der Waals surface area (Å²) in [5, 5.41) is 9.21. The van der Waals surface area contributed by atoms with Gasteiger partial charge in [0.05, 0.1) is 16.9 Å². The first kappa shape index (κ1) is 25.7. The molecule has 10 heteroatoms. The Morgan fingerprint density at radius 1 is 0.889 bits per heavy atom. The number of benzene rings is 3. The summed E-state index contributed by atoms with van der Waals surface area (Å²) in [7, 11) is -3.52. The van der Waals surface area contributed by atoms with Crippen molar-refractivity contribution in [2.24, 2.45) is 0 Å². The molecular weight excluding hydrogens is 495 g/mol. The Labute approximate surface area is 207 Å². The third-order valence-electron chi connectivity index (χ3n) is 5.90. The van der Waals surface area contributed by atoms with Gasteiger partial charge in [0.1, 0.15) is 12.4 Å². The number of carbonyl (C=O) groups is 1. The molecule has 0 bridgehead atoms. The highest BCUT2D eigenvalue weighted by Gasteiger charge is 2.30. The van der Waals surface area contributed by atoms with Gasteiger partial charge in [-0.25, -0.2) is 8.42 Å². The second kappa shape index (κ2) is 10.3. The van der Waals surface area contributed by atoms with Crippen molar-refractivity contribution in [1.82, 2.24) is 4.31 Å². The van der Waals surface area contributed by atoms with Gasteiger partial charge in [0, 0.05) is 13.1 Å². The molecule has 0 saturated carbocycles. The third-order valence-corrected chi connectivity index (χ3v) is 7.81. The molecule has 3 aromatic carbocycles. The van der Waals surface area contributed by atoms with E-state index < -0.39 is 27.7 Å². The molecular formula is C26H24F3NO5S. The second-order valence-corrected chi connectivity index (χ2v) is 10.5. The van der Waals surface area contributed by atoms with Crippen LogP contribution in [0.5, 0.6) is 5.75 Å². The number of carboxylic acids is 1. The lowest BCUT2D eigenvalue weighted by molar-refractivity contribution is -0.138. The quantitative estimate of drug-likeness (QED) is 0.433. The van der Waals surface area contributed by atoms with Gasteiger partial charge in [0.15, 0.2) is 0 Å². The Kier molecular flexibility index (Phi) is 7.37. The van der Waals surface area contributed by atoms with Crippen molar-refractivity contribution in [2.45, 2.75) is 36.9 Å². The number of halogens is 3. The summed E-state index contributed by atoms with van der Waals surface area (Å²) < 4.78 is 71.4. The summed E-state index contributed by atoms with van der Waals surface area (Å²) in [5.74, 6) is -0.710. The van der Waals surface area contributed by atoms with E-state index in [-0.39, 0.29) is 17.9 Å². The molecule has 1 aliphatic rings. The first-order valence-corrected chi connectivity index (χ1v) is 12.7. The number of nitrogens with zero attached hydrogens (tertiary/aromatic N) is 1. The maximum absolute atomic E-state index is 12.9. The number of aliphatic carboxylic acids is 1. The van der Waals surface area contributed by atoms with Gasteiger partial charge < -0.3 is 9.84 Å². The summed E-state index contributed by atoms with van der Waals surface area (Å²) in [6, 6.07) is 15.7. The minimum Gasteiger partial charge on any atom is -0.489 e. The van der Waals surface area contributed by atoms with Crippen LogP contribution in [0.4, 0.5) is 13.2 Å². The monoisotopic (exact) mass is 519 g/mol. The molecule has 6 nitrogen and oxygen atoms in total. The summed E-state index contributed by atoms with van der Waals surface area (Å²) in [5.41, 5.74) is 1.36. The predicted molar refractivity (Wildman–Crippen MR) is 127 cm³/mol. The second-order valence-electron chi connectivity index (χ2n) is 8.56. The van der Waals surface area contributed by atoms with Crippen LogP contribution in [0.1, 0.15) is 29.5 Å². The Hall–Kier alpha value is -3.37. The summed E-state index contributed by atoms with van der Waals surface area (Å²) in [4.78, 5) is 11.5. The molecule has 0 amide bonds. The molecule has 0 aliphatic carbocycles. The summed E-state index contributed by atoms with van der Waals surface area (Å²) in [6.07, 6.45) is -3.05. The lowest BCUT2D eigenvalue weighted by atomic mass is 10.00.